The normalized spacial score (nSPS) is 20.8. The first kappa shape index (κ1) is 13.5. The third-order valence-corrected chi connectivity index (χ3v) is 3.65. The van der Waals surface area contributed by atoms with E-state index < -0.39 is 11.2 Å². The minimum absolute atomic E-state index is 0.482. The Hall–Kier alpha value is -1.91. The summed E-state index contributed by atoms with van der Waals surface area (Å²) < 4.78 is 6.76. The number of hydroxylamine groups is 1. The van der Waals surface area contributed by atoms with Crippen LogP contribution in [0.15, 0.2) is 24.3 Å². The summed E-state index contributed by atoms with van der Waals surface area (Å²) in [5.41, 5.74) is -0.735. The van der Waals surface area contributed by atoms with Gasteiger partial charge in [0.15, 0.2) is 0 Å². The van der Waals surface area contributed by atoms with Crippen LogP contribution in [-0.4, -0.2) is 33.5 Å². The summed E-state index contributed by atoms with van der Waals surface area (Å²) in [6, 6.07) is 7.17. The van der Waals surface area contributed by atoms with Crippen molar-refractivity contribution in [3.05, 3.63) is 39.9 Å². The zero-order valence-electron chi connectivity index (χ0n) is 11.9. The van der Waals surface area contributed by atoms with Crippen molar-refractivity contribution in [1.29, 1.82) is 0 Å². The highest BCUT2D eigenvalue weighted by atomic mass is 16.5. The van der Waals surface area contributed by atoms with Crippen molar-refractivity contribution in [2.75, 3.05) is 7.11 Å². The van der Waals surface area contributed by atoms with E-state index in [1.54, 1.807) is 59.1 Å². The largest absolute Gasteiger partial charge is 0.618 e. The Kier molecular flexibility index (Phi) is 2.88. The Morgan fingerprint density at radius 3 is 2.00 bits per heavy atom. The summed E-state index contributed by atoms with van der Waals surface area (Å²) in [5, 5.41) is 12.4. The lowest BCUT2D eigenvalue weighted by atomic mass is 9.93. The lowest BCUT2D eigenvalue weighted by Crippen LogP contribution is -2.44. The van der Waals surface area contributed by atoms with Gasteiger partial charge in [0.2, 0.25) is 0 Å². The zero-order chi connectivity index (χ0) is 14.4. The molecule has 0 bridgehead atoms. The van der Waals surface area contributed by atoms with Gasteiger partial charge in [-0.3, -0.25) is 0 Å². The van der Waals surface area contributed by atoms with Crippen LogP contribution < -0.4 is 4.74 Å². The SMILES string of the molecule is COc1ccc(C2=[N+]([O-])C(C)(C)[N+](=O)C2(C)C)cc1. The number of nitroso groups, excluding NO2 is 1. The van der Waals surface area contributed by atoms with E-state index in [4.69, 9.17) is 4.74 Å². The van der Waals surface area contributed by atoms with Gasteiger partial charge in [0.25, 0.3) is 11.3 Å². The Morgan fingerprint density at radius 2 is 1.63 bits per heavy atom. The van der Waals surface area contributed by atoms with Gasteiger partial charge in [-0.2, -0.15) is 0 Å². The molecular weight excluding hydrogens is 244 g/mol. The number of hydrogen-bond acceptors (Lipinski definition) is 3. The summed E-state index contributed by atoms with van der Waals surface area (Å²) in [4.78, 5) is 12.3. The summed E-state index contributed by atoms with van der Waals surface area (Å²) in [6.45, 7) is 6.79. The van der Waals surface area contributed by atoms with Gasteiger partial charge in [-0.05, 0) is 24.3 Å². The van der Waals surface area contributed by atoms with Gasteiger partial charge in [-0.15, -0.1) is 4.74 Å². The maximum atomic E-state index is 12.4. The number of methoxy groups -OCH3 is 1. The van der Waals surface area contributed by atoms with Crippen molar-refractivity contribution < 1.29 is 14.2 Å². The molecule has 0 aliphatic carbocycles. The highest BCUT2D eigenvalue weighted by Crippen LogP contribution is 2.32. The molecule has 0 saturated carbocycles. The maximum absolute atomic E-state index is 12.4. The van der Waals surface area contributed by atoms with Gasteiger partial charge in [-0.25, -0.2) is 0 Å². The smallest absolute Gasteiger partial charge is 0.401 e. The van der Waals surface area contributed by atoms with Crippen LogP contribution in [0.4, 0.5) is 0 Å². The van der Waals surface area contributed by atoms with Crippen LogP contribution in [0, 0.1) is 10.1 Å². The average molecular weight is 263 g/mol. The summed E-state index contributed by atoms with van der Waals surface area (Å²) in [5.74, 6) is 0.718. The number of nitrogens with zero attached hydrogens (tertiary/aromatic N) is 2. The van der Waals surface area contributed by atoms with Gasteiger partial charge >= 0.3 is 5.66 Å². The molecule has 0 N–H and O–H groups in total. The van der Waals surface area contributed by atoms with E-state index in [1.807, 2.05) is 0 Å². The molecule has 5 nitrogen and oxygen atoms in total. The van der Waals surface area contributed by atoms with Gasteiger partial charge in [0, 0.05) is 18.8 Å². The molecule has 0 spiro atoms. The Labute approximate surface area is 112 Å². The first-order valence-corrected chi connectivity index (χ1v) is 6.19. The quantitative estimate of drug-likeness (QED) is 0.607. The van der Waals surface area contributed by atoms with E-state index in [2.05, 4.69) is 0 Å². The monoisotopic (exact) mass is 263 g/mol. The first-order chi connectivity index (χ1) is 8.72. The molecule has 0 atom stereocenters. The highest BCUT2D eigenvalue weighted by Gasteiger charge is 2.66. The van der Waals surface area contributed by atoms with Gasteiger partial charge in [0.05, 0.1) is 31.3 Å². The fourth-order valence-corrected chi connectivity index (χ4v) is 2.60. The molecule has 0 amide bonds. The Balaban J connectivity index is 2.58. The Morgan fingerprint density at radius 1 is 1.11 bits per heavy atom. The van der Waals surface area contributed by atoms with Crippen LogP contribution in [0.3, 0.4) is 0 Å². The summed E-state index contributed by atoms with van der Waals surface area (Å²) in [7, 11) is 1.59. The number of hydrogen-bond donors (Lipinski definition) is 0. The predicted octanol–water partition coefficient (Wildman–Crippen LogP) is 2.30. The zero-order valence-corrected chi connectivity index (χ0v) is 11.9. The van der Waals surface area contributed by atoms with Crippen molar-refractivity contribution >= 4 is 5.71 Å². The van der Waals surface area contributed by atoms with E-state index >= 15 is 0 Å². The number of benzene rings is 1. The third-order valence-electron chi connectivity index (χ3n) is 3.65. The maximum Gasteiger partial charge on any atom is 0.401 e. The van der Waals surface area contributed by atoms with E-state index in [0.29, 0.717) is 5.71 Å². The second-order valence-electron chi connectivity index (χ2n) is 5.72. The molecular formula is C14H19N2O3+. The molecule has 19 heavy (non-hydrogen) atoms. The molecule has 1 aliphatic rings. The molecule has 1 aromatic carbocycles. The van der Waals surface area contributed by atoms with Crippen LogP contribution in [0.2, 0.25) is 0 Å². The van der Waals surface area contributed by atoms with Gasteiger partial charge < -0.3 is 9.94 Å². The van der Waals surface area contributed by atoms with Crippen molar-refractivity contribution in [2.24, 2.45) is 0 Å². The highest BCUT2D eigenvalue weighted by molar-refractivity contribution is 6.03. The second kappa shape index (κ2) is 4.05. The van der Waals surface area contributed by atoms with Crippen molar-refractivity contribution in [2.45, 2.75) is 38.9 Å². The lowest BCUT2D eigenvalue weighted by Gasteiger charge is -2.10. The molecule has 2 rings (SSSR count). The molecule has 0 radical (unpaired) electrons. The lowest BCUT2D eigenvalue weighted by molar-refractivity contribution is -0.796. The molecule has 0 saturated heterocycles. The molecule has 0 fully saturated rings. The first-order valence-electron chi connectivity index (χ1n) is 6.19. The van der Waals surface area contributed by atoms with Crippen molar-refractivity contribution in [3.63, 3.8) is 0 Å². The molecule has 1 heterocycles. The standard InChI is InChI=1S/C14H19N2O3/c1-13(2)12(15(17)14(3,4)16(13)18)10-6-8-11(19-5)9-7-10/h6-9H,1-5H3/q+1. The second-order valence-corrected chi connectivity index (χ2v) is 5.72. The average Bonchev–Trinajstić information content (AvgIpc) is 2.49. The predicted molar refractivity (Wildman–Crippen MR) is 72.5 cm³/mol. The van der Waals surface area contributed by atoms with Crippen molar-refractivity contribution in [3.8, 4) is 5.75 Å². The van der Waals surface area contributed by atoms with Crippen LogP contribution in [0.5, 0.6) is 5.75 Å². The minimum atomic E-state index is -1.10. The molecule has 0 unspecified atom stereocenters. The van der Waals surface area contributed by atoms with E-state index in [0.717, 1.165) is 20.8 Å². The van der Waals surface area contributed by atoms with E-state index in [-0.39, 0.29) is 0 Å². The van der Waals surface area contributed by atoms with Crippen LogP contribution in [0.1, 0.15) is 33.3 Å². The number of ether oxygens (including phenoxy) is 1. The molecule has 1 aliphatic heterocycles. The fraction of sp³-hybridized carbons (Fsp3) is 0.500. The molecule has 102 valence electrons. The summed E-state index contributed by atoms with van der Waals surface area (Å²) in [6.07, 6.45) is 0. The fourth-order valence-electron chi connectivity index (χ4n) is 2.60. The van der Waals surface area contributed by atoms with Crippen molar-refractivity contribution in [1.82, 2.24) is 0 Å². The minimum Gasteiger partial charge on any atom is -0.618 e. The molecule has 1 aromatic rings. The van der Waals surface area contributed by atoms with Crippen LogP contribution in [-0.2, 0) is 0 Å². The van der Waals surface area contributed by atoms with E-state index in [1.165, 1.54) is 0 Å². The summed E-state index contributed by atoms with van der Waals surface area (Å²) >= 11 is 0. The Bertz CT molecular complexity index is 557. The van der Waals surface area contributed by atoms with Crippen LogP contribution >= 0.6 is 0 Å². The van der Waals surface area contributed by atoms with E-state index in [9.17, 15) is 10.1 Å². The van der Waals surface area contributed by atoms with Gasteiger partial charge in [0.1, 0.15) is 5.75 Å². The topological polar surface area (TPSA) is 55.4 Å². The molecule has 0 aromatic heterocycles. The number of rotatable bonds is 2. The van der Waals surface area contributed by atoms with Gasteiger partial charge in [-0.1, -0.05) is 0 Å². The third kappa shape index (κ3) is 1.80. The van der Waals surface area contributed by atoms with Crippen LogP contribution in [0.25, 0.3) is 0 Å². The molecule has 5 heteroatoms.